The molecule has 0 saturated carbocycles. The normalized spacial score (nSPS) is 20.5. The Morgan fingerprint density at radius 1 is 0.943 bits per heavy atom. The number of hydrogen-bond acceptors (Lipinski definition) is 4. The number of carbonyl (C=O) groups excluding carboxylic acids is 2. The van der Waals surface area contributed by atoms with Crippen LogP contribution in [0.4, 0.5) is 0 Å². The summed E-state index contributed by atoms with van der Waals surface area (Å²) in [5.41, 5.74) is 4.86. The average molecular weight is 470 g/mol. The molecule has 35 heavy (non-hydrogen) atoms. The fourth-order valence-corrected chi connectivity index (χ4v) is 5.78. The number of hydrogen-bond donors (Lipinski definition) is 0. The van der Waals surface area contributed by atoms with E-state index in [0.29, 0.717) is 0 Å². The van der Waals surface area contributed by atoms with Gasteiger partial charge in [0.1, 0.15) is 5.76 Å². The minimum Gasteiger partial charge on any atom is -0.468 e. The van der Waals surface area contributed by atoms with Gasteiger partial charge in [-0.3, -0.25) is 14.5 Å². The number of likely N-dealkylation sites (tertiary alicyclic amines) is 2. The molecule has 4 heterocycles. The summed E-state index contributed by atoms with van der Waals surface area (Å²) in [5.74, 6) is 1.25. The molecule has 6 rings (SSSR count). The predicted octanol–water partition coefficient (Wildman–Crippen LogP) is 4.46. The highest BCUT2D eigenvalue weighted by Gasteiger charge is 2.34. The monoisotopic (exact) mass is 469 g/mol. The van der Waals surface area contributed by atoms with Crippen molar-refractivity contribution in [3.8, 4) is 11.1 Å². The second-order valence-corrected chi connectivity index (χ2v) is 9.95. The molecule has 0 N–H and O–H groups in total. The van der Waals surface area contributed by atoms with Crippen molar-refractivity contribution in [2.75, 3.05) is 32.7 Å². The van der Waals surface area contributed by atoms with Gasteiger partial charge in [0.25, 0.3) is 11.8 Å². The Kier molecular flexibility index (Phi) is 5.90. The molecule has 1 atom stereocenters. The van der Waals surface area contributed by atoms with Gasteiger partial charge in [-0.2, -0.15) is 0 Å². The zero-order valence-electron chi connectivity index (χ0n) is 20.0. The number of nitrogens with zero attached hydrogens (tertiary/aromatic N) is 3. The smallest absolute Gasteiger partial charge is 0.254 e. The largest absolute Gasteiger partial charge is 0.468 e. The maximum atomic E-state index is 13.4. The highest BCUT2D eigenvalue weighted by Crippen LogP contribution is 2.29. The fourth-order valence-electron chi connectivity index (χ4n) is 5.78. The van der Waals surface area contributed by atoms with Crippen molar-refractivity contribution in [3.63, 3.8) is 0 Å². The summed E-state index contributed by atoms with van der Waals surface area (Å²) in [4.78, 5) is 32.4. The molecule has 3 aromatic rings. The van der Waals surface area contributed by atoms with Crippen molar-refractivity contribution < 1.29 is 14.0 Å². The Balaban J connectivity index is 1.13. The van der Waals surface area contributed by atoms with E-state index in [9.17, 15) is 9.59 Å². The Morgan fingerprint density at radius 2 is 1.74 bits per heavy atom. The van der Waals surface area contributed by atoms with E-state index in [0.717, 1.165) is 98.5 Å². The topological polar surface area (TPSA) is 57.0 Å². The van der Waals surface area contributed by atoms with Crippen molar-refractivity contribution in [3.05, 3.63) is 83.3 Å². The van der Waals surface area contributed by atoms with Gasteiger partial charge in [0.05, 0.1) is 12.8 Å². The molecule has 2 amide bonds. The molecule has 3 aliphatic heterocycles. The summed E-state index contributed by atoms with van der Waals surface area (Å²) in [7, 11) is 0. The second kappa shape index (κ2) is 9.34. The van der Waals surface area contributed by atoms with Crippen LogP contribution in [0.5, 0.6) is 0 Å². The van der Waals surface area contributed by atoms with Gasteiger partial charge in [0, 0.05) is 49.9 Å². The van der Waals surface area contributed by atoms with Gasteiger partial charge in [0.15, 0.2) is 0 Å². The number of benzene rings is 2. The van der Waals surface area contributed by atoms with Crippen LogP contribution < -0.4 is 0 Å². The lowest BCUT2D eigenvalue weighted by molar-refractivity contribution is 0.0662. The van der Waals surface area contributed by atoms with Crippen molar-refractivity contribution in [2.24, 2.45) is 0 Å². The van der Waals surface area contributed by atoms with E-state index >= 15 is 0 Å². The number of furan rings is 1. The number of carbonyl (C=O) groups is 2. The number of amides is 2. The maximum absolute atomic E-state index is 13.4. The van der Waals surface area contributed by atoms with Gasteiger partial charge in [-0.15, -0.1) is 0 Å². The lowest BCUT2D eigenvalue weighted by atomic mass is 9.93. The Morgan fingerprint density at radius 3 is 2.51 bits per heavy atom. The Hall–Kier alpha value is -3.38. The van der Waals surface area contributed by atoms with E-state index in [1.807, 2.05) is 53.4 Å². The van der Waals surface area contributed by atoms with Crippen molar-refractivity contribution in [2.45, 2.75) is 38.3 Å². The summed E-state index contributed by atoms with van der Waals surface area (Å²) < 4.78 is 5.49. The molecule has 3 aliphatic rings. The zero-order valence-corrected chi connectivity index (χ0v) is 20.0. The Labute approximate surface area is 206 Å². The quantitative estimate of drug-likeness (QED) is 0.554. The third kappa shape index (κ3) is 4.39. The van der Waals surface area contributed by atoms with Crippen LogP contribution in [0.3, 0.4) is 0 Å². The molecule has 0 radical (unpaired) electrons. The van der Waals surface area contributed by atoms with Gasteiger partial charge < -0.3 is 14.2 Å². The molecule has 6 nitrogen and oxygen atoms in total. The first-order valence-corrected chi connectivity index (χ1v) is 12.7. The summed E-state index contributed by atoms with van der Waals surface area (Å²) in [6.07, 6.45) is 5.78. The zero-order chi connectivity index (χ0) is 23.8. The highest BCUT2D eigenvalue weighted by molar-refractivity contribution is 5.98. The van der Waals surface area contributed by atoms with Crippen molar-refractivity contribution in [1.82, 2.24) is 14.7 Å². The van der Waals surface area contributed by atoms with Gasteiger partial charge in [-0.25, -0.2) is 0 Å². The maximum Gasteiger partial charge on any atom is 0.254 e. The van der Waals surface area contributed by atoms with Gasteiger partial charge in [0.2, 0.25) is 0 Å². The molecule has 180 valence electrons. The summed E-state index contributed by atoms with van der Waals surface area (Å²) in [6.45, 7) is 5.16. The third-order valence-corrected chi connectivity index (χ3v) is 7.72. The second-order valence-electron chi connectivity index (χ2n) is 9.95. The van der Waals surface area contributed by atoms with Crippen LogP contribution in [0.1, 0.15) is 51.3 Å². The fraction of sp³-hybridized carbons (Fsp3) is 0.379. The van der Waals surface area contributed by atoms with Crippen LogP contribution in [0, 0.1) is 0 Å². The molecule has 0 aliphatic carbocycles. The SMILES string of the molecule is O=C(c1ccc(-c2ccc3c(c2)CCN([C@H]2CCN(Cc4ccco4)C2)C3=O)cc1)N1CCCC1. The summed E-state index contributed by atoms with van der Waals surface area (Å²) in [6, 6.07) is 18.3. The van der Waals surface area contributed by atoms with Crippen LogP contribution in [-0.4, -0.2) is 65.3 Å². The Bertz CT molecular complexity index is 1210. The summed E-state index contributed by atoms with van der Waals surface area (Å²) >= 11 is 0. The molecular formula is C29H31N3O3. The van der Waals surface area contributed by atoms with Gasteiger partial charge in [-0.05, 0) is 72.7 Å². The average Bonchev–Trinajstić information content (AvgIpc) is 3.68. The van der Waals surface area contributed by atoms with Crippen LogP contribution in [0.25, 0.3) is 11.1 Å². The minimum atomic E-state index is 0.125. The van der Waals surface area contributed by atoms with E-state index < -0.39 is 0 Å². The molecule has 0 bridgehead atoms. The van der Waals surface area contributed by atoms with E-state index in [2.05, 4.69) is 15.9 Å². The first kappa shape index (κ1) is 22.1. The molecular weight excluding hydrogens is 438 g/mol. The van der Waals surface area contributed by atoms with Crippen LogP contribution >= 0.6 is 0 Å². The van der Waals surface area contributed by atoms with E-state index in [-0.39, 0.29) is 17.9 Å². The molecule has 2 saturated heterocycles. The third-order valence-electron chi connectivity index (χ3n) is 7.72. The number of fused-ring (bicyclic) bond motifs is 1. The standard InChI is InChI=1S/C29H31N3O3/c33-28(31-13-1-2-14-31)22-7-5-21(6-8-22)23-9-10-27-24(18-23)11-16-32(29(27)34)25-12-15-30(19-25)20-26-4-3-17-35-26/h3-10,17-18,25H,1-2,11-16,19-20H2/t25-/m0/s1. The first-order valence-electron chi connectivity index (χ1n) is 12.7. The van der Waals surface area contributed by atoms with Crippen LogP contribution in [0.15, 0.2) is 65.3 Å². The first-order chi connectivity index (χ1) is 17.2. The highest BCUT2D eigenvalue weighted by atomic mass is 16.3. The summed E-state index contributed by atoms with van der Waals surface area (Å²) in [5, 5.41) is 0. The molecule has 6 heteroatoms. The lowest BCUT2D eigenvalue weighted by Crippen LogP contribution is -2.45. The van der Waals surface area contributed by atoms with Crippen molar-refractivity contribution in [1.29, 1.82) is 0 Å². The molecule has 0 unspecified atom stereocenters. The molecule has 2 aromatic carbocycles. The predicted molar refractivity (Wildman–Crippen MR) is 134 cm³/mol. The molecule has 2 fully saturated rings. The molecule has 0 spiro atoms. The van der Waals surface area contributed by atoms with E-state index in [1.165, 1.54) is 0 Å². The number of rotatable bonds is 5. The van der Waals surface area contributed by atoms with Crippen molar-refractivity contribution >= 4 is 11.8 Å². The van der Waals surface area contributed by atoms with E-state index in [4.69, 9.17) is 4.42 Å². The minimum absolute atomic E-state index is 0.125. The lowest BCUT2D eigenvalue weighted by Gasteiger charge is -2.34. The van der Waals surface area contributed by atoms with E-state index in [1.54, 1.807) is 6.26 Å². The van der Waals surface area contributed by atoms with Crippen LogP contribution in [-0.2, 0) is 13.0 Å². The van der Waals surface area contributed by atoms with Crippen LogP contribution in [0.2, 0.25) is 0 Å². The van der Waals surface area contributed by atoms with Gasteiger partial charge >= 0.3 is 0 Å². The van der Waals surface area contributed by atoms with Gasteiger partial charge in [-0.1, -0.05) is 24.3 Å². The molecule has 1 aromatic heterocycles.